The first-order valence-corrected chi connectivity index (χ1v) is 1.30. The summed E-state index contributed by atoms with van der Waals surface area (Å²) in [4.78, 5) is 7.25. The molecule has 0 aliphatic rings. The Balaban J connectivity index is -0.00000000500. The molecular formula is C5FeN6OZn+2. The summed E-state index contributed by atoms with van der Waals surface area (Å²) in [7, 11) is 0. The fourth-order valence-electron chi connectivity index (χ4n) is 0. The van der Waals surface area contributed by atoms with Crippen LogP contribution in [-0.4, -0.2) is 0 Å². The van der Waals surface area contributed by atoms with E-state index in [-0.39, 0.29) is 36.5 Å². The van der Waals surface area contributed by atoms with Crippen molar-refractivity contribution in [1.29, 1.82) is 26.3 Å². The summed E-state index contributed by atoms with van der Waals surface area (Å²) in [6.07, 6.45) is 0. The van der Waals surface area contributed by atoms with E-state index >= 15 is 0 Å². The zero-order chi connectivity index (χ0) is 12.0. The Morgan fingerprint density at radius 3 is 0.500 bits per heavy atom. The van der Waals surface area contributed by atoms with Crippen LogP contribution >= 0.6 is 0 Å². The monoisotopic (exact) mass is 280 g/mol. The van der Waals surface area contributed by atoms with Gasteiger partial charge in [-0.2, -0.15) is 26.3 Å². The second-order valence-corrected chi connectivity index (χ2v) is 0. The van der Waals surface area contributed by atoms with Gasteiger partial charge in [-0.15, -0.1) is 4.91 Å². The van der Waals surface area contributed by atoms with E-state index in [1.165, 1.54) is 0 Å². The van der Waals surface area contributed by atoms with Gasteiger partial charge in [-0.25, -0.2) is 0 Å². The van der Waals surface area contributed by atoms with Crippen LogP contribution in [0.5, 0.6) is 0 Å². The first-order chi connectivity index (χ1) is 6.00. The number of hydrogen-bond donors (Lipinski definition) is 0. The molecule has 0 bridgehead atoms. The van der Waals surface area contributed by atoms with Crippen LogP contribution in [0.2, 0.25) is 0 Å². The van der Waals surface area contributed by atoms with Crippen LogP contribution in [0, 0.1) is 64.1 Å². The normalized spacial score (nSPS) is 1.00. The van der Waals surface area contributed by atoms with Crippen molar-refractivity contribution < 1.29 is 36.5 Å². The van der Waals surface area contributed by atoms with Crippen LogP contribution < -0.4 is 5.59 Å². The first-order valence-electron chi connectivity index (χ1n) is 1.30. The number of rotatable bonds is 0. The molecule has 0 amide bonds. The molecule has 0 aromatic carbocycles. The van der Waals surface area contributed by atoms with E-state index in [1.807, 2.05) is 0 Å². The maximum atomic E-state index is 7.25. The molecule has 0 aromatic rings. The van der Waals surface area contributed by atoms with Gasteiger partial charge in [-0.3, -0.25) is 0 Å². The molecule has 0 fully saturated rings. The van der Waals surface area contributed by atoms with Crippen LogP contribution in [-0.2, 0) is 36.5 Å². The average molecular weight is 281 g/mol. The van der Waals surface area contributed by atoms with E-state index in [4.69, 9.17) is 69.7 Å². The summed E-state index contributed by atoms with van der Waals surface area (Å²) in [5.41, 5.74) is 5.75. The van der Waals surface area contributed by atoms with Crippen molar-refractivity contribution in [3.63, 3.8) is 0 Å². The van der Waals surface area contributed by atoms with Gasteiger partial charge in [0.15, 0.2) is 32.9 Å². The smallest absolute Gasteiger partial charge is 0.181 e. The predicted molar refractivity (Wildman–Crippen MR) is 30.3 cm³/mol. The Bertz CT molecular complexity index is 95.6. The van der Waals surface area contributed by atoms with Crippen molar-refractivity contribution in [2.45, 2.75) is 0 Å². The quantitative estimate of drug-likeness (QED) is 0.569. The molecule has 0 N–H and O–H groups in total. The summed E-state index contributed by atoms with van der Waals surface area (Å²) in [6.45, 7) is 23.8. The summed E-state index contributed by atoms with van der Waals surface area (Å²) in [5.74, 6) is 0. The number of nitroso groups, excluding NO2 is 1. The Morgan fingerprint density at radius 2 is 0.500 bits per heavy atom. The zero-order valence-electron chi connectivity index (χ0n) is 6.65. The molecule has 14 heavy (non-hydrogen) atoms. The number of hydrogen-bond acceptors (Lipinski definition) is 6. The maximum Gasteiger partial charge on any atom is 2.00 e. The molecule has 6 radical (unpaired) electrons. The summed E-state index contributed by atoms with van der Waals surface area (Å²) in [5, 5.41) is 31.2. The fraction of sp³-hybridized carbons (Fsp3) is 0. The van der Waals surface area contributed by atoms with Crippen LogP contribution in [0.15, 0.2) is 0 Å². The van der Waals surface area contributed by atoms with Gasteiger partial charge in [0.1, 0.15) is 5.59 Å². The third-order valence-electron chi connectivity index (χ3n) is 0. The maximum absolute atomic E-state index is 7.25. The largest absolute Gasteiger partial charge is 2.00 e. The van der Waals surface area contributed by atoms with E-state index in [0.717, 1.165) is 0 Å². The van der Waals surface area contributed by atoms with Gasteiger partial charge >= 0.3 is 19.5 Å². The molecular weight excluding hydrogens is 281 g/mol. The number of nitrogens with zero attached hydrogens (tertiary/aromatic N) is 6. The molecule has 0 saturated heterocycles. The second-order valence-electron chi connectivity index (χ2n) is 0. The van der Waals surface area contributed by atoms with Crippen molar-refractivity contribution in [1.82, 2.24) is 5.59 Å². The summed E-state index contributed by atoms with van der Waals surface area (Å²) in [6, 6.07) is 0. The minimum Gasteiger partial charge on any atom is -0.181 e. The molecule has 0 rings (SSSR count). The molecule has 7 nitrogen and oxygen atoms in total. The van der Waals surface area contributed by atoms with E-state index < -0.39 is 0 Å². The molecule has 0 aliphatic heterocycles. The molecule has 0 heterocycles. The van der Waals surface area contributed by atoms with Crippen LogP contribution in [0.3, 0.4) is 0 Å². The Labute approximate surface area is 106 Å². The summed E-state index contributed by atoms with van der Waals surface area (Å²) >= 11 is 0. The van der Waals surface area contributed by atoms with Crippen molar-refractivity contribution in [2.75, 3.05) is 0 Å². The van der Waals surface area contributed by atoms with Crippen LogP contribution in [0.25, 0.3) is 0 Å². The standard InChI is InChI=1S/5CN.Fe.NO.Zn/c5*1-2;;1-2;/q;;;;;;;+2. The molecule has 0 aromatic heterocycles. The summed E-state index contributed by atoms with van der Waals surface area (Å²) < 4.78 is 0. The average Bonchev–Trinajstić information content (AvgIpc) is 2.33. The van der Waals surface area contributed by atoms with Gasteiger partial charge in [-0.1, -0.05) is 0 Å². The second kappa shape index (κ2) is 356. The minimum atomic E-state index is 0. The zero-order valence-corrected chi connectivity index (χ0v) is 10.7. The molecule has 0 atom stereocenters. The van der Waals surface area contributed by atoms with Crippen LogP contribution in [0.4, 0.5) is 0 Å². The Hall–Kier alpha value is -1.81. The molecule has 9 heteroatoms. The van der Waals surface area contributed by atoms with Crippen LogP contribution in [0.1, 0.15) is 0 Å². The van der Waals surface area contributed by atoms with Crippen molar-refractivity contribution in [3.8, 4) is 0 Å². The topological polar surface area (TPSA) is 158 Å². The molecule has 0 unspecified atom stereocenters. The van der Waals surface area contributed by atoms with E-state index in [2.05, 4.69) is 0 Å². The first kappa shape index (κ1) is 86.9. The minimum absolute atomic E-state index is 0. The molecule has 0 saturated carbocycles. The molecule has 64 valence electrons. The fourth-order valence-corrected chi connectivity index (χ4v) is 0. The Morgan fingerprint density at radius 1 is 0.500 bits per heavy atom. The molecule has 0 spiro atoms. The SMILES string of the molecule is [C]#N.[C]#N.[C]#N.[C]#N.[C]#N.[Fe].[N]=O.[Zn+2]. The van der Waals surface area contributed by atoms with E-state index in [0.29, 0.717) is 0 Å². The third kappa shape index (κ3) is 264. The van der Waals surface area contributed by atoms with E-state index in [1.54, 1.807) is 0 Å². The van der Waals surface area contributed by atoms with Gasteiger partial charge in [-0.05, 0) is 0 Å². The third-order valence-corrected chi connectivity index (χ3v) is 0. The van der Waals surface area contributed by atoms with Crippen molar-refractivity contribution >= 4 is 0 Å². The van der Waals surface area contributed by atoms with Gasteiger partial charge in [0.25, 0.3) is 0 Å². The van der Waals surface area contributed by atoms with E-state index in [9.17, 15) is 0 Å². The Kier molecular flexibility index (Phi) is 2210. The predicted octanol–water partition coefficient (Wildman–Crippen LogP) is 0.0297. The molecule has 0 aliphatic carbocycles. The van der Waals surface area contributed by atoms with Gasteiger partial charge in [0.2, 0.25) is 0 Å². The van der Waals surface area contributed by atoms with Gasteiger partial charge in [0, 0.05) is 17.1 Å². The van der Waals surface area contributed by atoms with Gasteiger partial charge in [0.05, 0.1) is 0 Å². The van der Waals surface area contributed by atoms with Gasteiger partial charge < -0.3 is 0 Å². The van der Waals surface area contributed by atoms with Crippen molar-refractivity contribution in [3.05, 3.63) is 37.8 Å². The van der Waals surface area contributed by atoms with Crippen molar-refractivity contribution in [2.24, 2.45) is 0 Å².